The second-order valence-corrected chi connectivity index (χ2v) is 6.48. The maximum Gasteiger partial charge on any atom is 0.152 e. The topological polar surface area (TPSA) is 46.2 Å². The molecule has 0 amide bonds. The van der Waals surface area contributed by atoms with Gasteiger partial charge in [0.1, 0.15) is 0 Å². The Morgan fingerprint density at radius 1 is 1.18 bits per heavy atom. The highest BCUT2D eigenvalue weighted by molar-refractivity contribution is 7.91. The molecule has 1 aromatic rings. The average Bonchev–Trinajstić information content (AvgIpc) is 2.29. The quantitative estimate of drug-likeness (QED) is 0.778. The van der Waals surface area contributed by atoms with Gasteiger partial charge < -0.3 is 5.32 Å². The minimum atomic E-state index is -2.90. The molecule has 0 heterocycles. The summed E-state index contributed by atoms with van der Waals surface area (Å²) in [5.74, 6) is 0.934. The predicted molar refractivity (Wildman–Crippen MR) is 73.4 cm³/mol. The van der Waals surface area contributed by atoms with Crippen molar-refractivity contribution in [2.75, 3.05) is 23.4 Å². The van der Waals surface area contributed by atoms with Gasteiger partial charge in [0.2, 0.25) is 0 Å². The zero-order valence-corrected chi connectivity index (χ0v) is 11.5. The van der Waals surface area contributed by atoms with Crippen LogP contribution in [0.2, 0.25) is 0 Å². The molecule has 0 unspecified atom stereocenters. The van der Waals surface area contributed by atoms with E-state index in [4.69, 9.17) is 11.6 Å². The van der Waals surface area contributed by atoms with Gasteiger partial charge in [-0.25, -0.2) is 8.42 Å². The first-order valence-corrected chi connectivity index (χ1v) is 8.02. The minimum absolute atomic E-state index is 0.179. The van der Waals surface area contributed by atoms with Crippen LogP contribution in [0.1, 0.15) is 18.9 Å². The summed E-state index contributed by atoms with van der Waals surface area (Å²) in [6.07, 6.45) is 0.673. The van der Waals surface area contributed by atoms with Crippen molar-refractivity contribution in [1.82, 2.24) is 0 Å². The largest absolute Gasteiger partial charge is 0.384 e. The Balaban J connectivity index is 2.40. The molecule has 0 spiro atoms. The number of alkyl halides is 1. The van der Waals surface area contributed by atoms with E-state index in [1.165, 1.54) is 0 Å². The molecule has 17 heavy (non-hydrogen) atoms. The first-order valence-electron chi connectivity index (χ1n) is 5.66. The molecule has 0 atom stereocenters. The van der Waals surface area contributed by atoms with E-state index in [9.17, 15) is 8.42 Å². The van der Waals surface area contributed by atoms with Gasteiger partial charge in [-0.1, -0.05) is 19.1 Å². The third kappa shape index (κ3) is 5.41. The van der Waals surface area contributed by atoms with E-state index in [-0.39, 0.29) is 11.5 Å². The minimum Gasteiger partial charge on any atom is -0.384 e. The summed E-state index contributed by atoms with van der Waals surface area (Å²) in [6.45, 7) is 2.32. The molecule has 1 aromatic carbocycles. The van der Waals surface area contributed by atoms with Crippen molar-refractivity contribution in [3.05, 3.63) is 29.8 Å². The van der Waals surface area contributed by atoms with E-state index in [2.05, 4.69) is 5.32 Å². The van der Waals surface area contributed by atoms with Crippen LogP contribution in [0, 0.1) is 0 Å². The lowest BCUT2D eigenvalue weighted by molar-refractivity contribution is 0.595. The van der Waals surface area contributed by atoms with Gasteiger partial charge in [-0.15, -0.1) is 11.6 Å². The Morgan fingerprint density at radius 3 is 2.35 bits per heavy atom. The lowest BCUT2D eigenvalue weighted by atomic mass is 10.2. The van der Waals surface area contributed by atoms with Gasteiger partial charge in [0.05, 0.1) is 5.75 Å². The van der Waals surface area contributed by atoms with Crippen LogP contribution in [0.25, 0.3) is 0 Å². The molecule has 3 nitrogen and oxygen atoms in total. The summed E-state index contributed by atoms with van der Waals surface area (Å²) in [5, 5.41) is 3.09. The number of rotatable bonds is 7. The molecule has 0 aliphatic rings. The lowest BCUT2D eigenvalue weighted by Crippen LogP contribution is -2.18. The number of nitrogens with one attached hydrogen (secondary N) is 1. The molecular formula is C12H18ClNO2S. The monoisotopic (exact) mass is 275 g/mol. The molecule has 0 bridgehead atoms. The average molecular weight is 276 g/mol. The zero-order chi connectivity index (χ0) is 12.7. The molecule has 0 radical (unpaired) electrons. The van der Waals surface area contributed by atoms with E-state index in [1.807, 2.05) is 31.2 Å². The van der Waals surface area contributed by atoms with Crippen LogP contribution < -0.4 is 5.32 Å². The van der Waals surface area contributed by atoms with Crippen LogP contribution in [0.3, 0.4) is 0 Å². The van der Waals surface area contributed by atoms with Crippen molar-refractivity contribution in [1.29, 1.82) is 0 Å². The number of anilines is 1. The molecule has 0 saturated heterocycles. The standard InChI is InChI=1S/C12H18ClNO2S/c1-2-8-17(15,16)9-7-14-12-5-3-11(10-13)4-6-12/h3-6,14H,2,7-10H2,1H3. The molecule has 0 aliphatic heterocycles. The van der Waals surface area contributed by atoms with Gasteiger partial charge in [-0.05, 0) is 24.1 Å². The molecule has 5 heteroatoms. The molecule has 1 N–H and O–H groups in total. The molecule has 1 rings (SSSR count). The SMILES string of the molecule is CCCS(=O)(=O)CCNc1ccc(CCl)cc1. The highest BCUT2D eigenvalue weighted by Crippen LogP contribution is 2.10. The van der Waals surface area contributed by atoms with E-state index >= 15 is 0 Å². The zero-order valence-electron chi connectivity index (χ0n) is 9.95. The first kappa shape index (κ1) is 14.3. The fourth-order valence-electron chi connectivity index (χ4n) is 1.48. The third-order valence-corrected chi connectivity index (χ3v) is 4.53. The summed E-state index contributed by atoms with van der Waals surface area (Å²) in [7, 11) is -2.90. The number of hydrogen-bond acceptors (Lipinski definition) is 3. The van der Waals surface area contributed by atoms with Crippen molar-refractivity contribution >= 4 is 27.1 Å². The summed E-state index contributed by atoms with van der Waals surface area (Å²) in [6, 6.07) is 7.67. The predicted octanol–water partition coefficient (Wildman–Crippen LogP) is 2.66. The summed E-state index contributed by atoms with van der Waals surface area (Å²) >= 11 is 5.68. The second-order valence-electron chi connectivity index (χ2n) is 3.91. The molecule has 0 fully saturated rings. The van der Waals surface area contributed by atoms with Crippen LogP contribution in [0.15, 0.2) is 24.3 Å². The van der Waals surface area contributed by atoms with Crippen LogP contribution in [-0.4, -0.2) is 26.5 Å². The van der Waals surface area contributed by atoms with E-state index in [1.54, 1.807) is 0 Å². The van der Waals surface area contributed by atoms with Crippen molar-refractivity contribution in [2.45, 2.75) is 19.2 Å². The fraction of sp³-hybridized carbons (Fsp3) is 0.500. The highest BCUT2D eigenvalue weighted by atomic mass is 35.5. The second kappa shape index (κ2) is 6.87. The summed E-state index contributed by atoms with van der Waals surface area (Å²) < 4.78 is 22.9. The fourth-order valence-corrected chi connectivity index (χ4v) is 2.89. The smallest absolute Gasteiger partial charge is 0.152 e. The van der Waals surface area contributed by atoms with E-state index in [0.717, 1.165) is 11.3 Å². The van der Waals surface area contributed by atoms with E-state index < -0.39 is 9.84 Å². The van der Waals surface area contributed by atoms with Crippen molar-refractivity contribution in [3.63, 3.8) is 0 Å². The molecule has 0 saturated carbocycles. The van der Waals surface area contributed by atoms with Crippen LogP contribution >= 0.6 is 11.6 Å². The molecule has 96 valence electrons. The Morgan fingerprint density at radius 2 is 1.82 bits per heavy atom. The molecule has 0 aliphatic carbocycles. The lowest BCUT2D eigenvalue weighted by Gasteiger charge is -2.07. The first-order chi connectivity index (χ1) is 8.07. The Kier molecular flexibility index (Phi) is 5.78. The van der Waals surface area contributed by atoms with Gasteiger partial charge in [-0.2, -0.15) is 0 Å². The van der Waals surface area contributed by atoms with Crippen molar-refractivity contribution < 1.29 is 8.42 Å². The summed E-state index contributed by atoms with van der Waals surface area (Å²) in [4.78, 5) is 0. The highest BCUT2D eigenvalue weighted by Gasteiger charge is 2.08. The van der Waals surface area contributed by atoms with Gasteiger partial charge in [0, 0.05) is 23.9 Å². The van der Waals surface area contributed by atoms with E-state index in [0.29, 0.717) is 18.8 Å². The van der Waals surface area contributed by atoms with Crippen molar-refractivity contribution in [2.24, 2.45) is 0 Å². The number of benzene rings is 1. The van der Waals surface area contributed by atoms with Crippen LogP contribution in [-0.2, 0) is 15.7 Å². The van der Waals surface area contributed by atoms with Crippen LogP contribution in [0.4, 0.5) is 5.69 Å². The Bertz CT molecular complexity index is 428. The number of hydrogen-bond donors (Lipinski definition) is 1. The normalized spacial score (nSPS) is 11.4. The molecular weight excluding hydrogens is 258 g/mol. The van der Waals surface area contributed by atoms with Gasteiger partial charge in [-0.3, -0.25) is 0 Å². The van der Waals surface area contributed by atoms with Gasteiger partial charge >= 0.3 is 0 Å². The van der Waals surface area contributed by atoms with Crippen molar-refractivity contribution in [3.8, 4) is 0 Å². The Labute approximate surface area is 108 Å². The third-order valence-electron chi connectivity index (χ3n) is 2.37. The maximum atomic E-state index is 11.5. The summed E-state index contributed by atoms with van der Waals surface area (Å²) in [5.41, 5.74) is 1.97. The number of halogens is 1. The molecule has 0 aromatic heterocycles. The maximum absolute atomic E-state index is 11.5. The van der Waals surface area contributed by atoms with Crippen LogP contribution in [0.5, 0.6) is 0 Å². The number of sulfone groups is 1. The van der Waals surface area contributed by atoms with Gasteiger partial charge in [0.25, 0.3) is 0 Å². The Hall–Kier alpha value is -0.740. The van der Waals surface area contributed by atoms with Gasteiger partial charge in [0.15, 0.2) is 9.84 Å².